The summed E-state index contributed by atoms with van der Waals surface area (Å²) in [6.45, 7) is 1.86. The van der Waals surface area contributed by atoms with Crippen molar-refractivity contribution >= 4 is 17.2 Å². The lowest BCUT2D eigenvalue weighted by atomic mass is 10.2. The highest BCUT2D eigenvalue weighted by Crippen LogP contribution is 2.16. The summed E-state index contributed by atoms with van der Waals surface area (Å²) in [5.41, 5.74) is 0.879. The van der Waals surface area contributed by atoms with Crippen molar-refractivity contribution in [1.82, 2.24) is 25.5 Å². The summed E-state index contributed by atoms with van der Waals surface area (Å²) in [6.07, 6.45) is 3.38. The number of H-pyrrole nitrogens is 1. The summed E-state index contributed by atoms with van der Waals surface area (Å²) in [6, 6.07) is 7.06. The number of pyridine rings is 1. The Morgan fingerprint density at radius 3 is 2.86 bits per heavy atom. The molecule has 0 bridgehead atoms. The molecule has 6 nitrogen and oxygen atoms in total. The van der Waals surface area contributed by atoms with E-state index in [9.17, 15) is 4.79 Å². The zero-order chi connectivity index (χ0) is 14.7. The molecule has 3 rings (SSSR count). The third-order valence-electron chi connectivity index (χ3n) is 2.94. The van der Waals surface area contributed by atoms with Crippen LogP contribution in [0.4, 0.5) is 0 Å². The van der Waals surface area contributed by atoms with Gasteiger partial charge in [0.25, 0.3) is 5.91 Å². The first-order valence-corrected chi connectivity index (χ1v) is 7.29. The molecule has 0 spiro atoms. The first kappa shape index (κ1) is 13.4. The van der Waals surface area contributed by atoms with E-state index in [0.29, 0.717) is 16.5 Å². The fourth-order valence-corrected chi connectivity index (χ4v) is 2.47. The van der Waals surface area contributed by atoms with Gasteiger partial charge in [-0.3, -0.25) is 14.9 Å². The van der Waals surface area contributed by atoms with Crippen LogP contribution in [0, 0.1) is 0 Å². The van der Waals surface area contributed by atoms with Gasteiger partial charge in [0, 0.05) is 18.0 Å². The van der Waals surface area contributed by atoms with Crippen LogP contribution in [0.25, 0.3) is 11.4 Å². The predicted octanol–water partition coefficient (Wildman–Crippen LogP) is 2.42. The number of nitrogens with zero attached hydrogens (tertiary/aromatic N) is 3. The normalized spacial score (nSPS) is 12.0. The largest absolute Gasteiger partial charge is 0.342 e. The molecule has 1 amide bonds. The Morgan fingerprint density at radius 2 is 2.14 bits per heavy atom. The van der Waals surface area contributed by atoms with E-state index in [0.717, 1.165) is 5.56 Å². The quantitative estimate of drug-likeness (QED) is 0.775. The lowest BCUT2D eigenvalue weighted by Gasteiger charge is -2.09. The molecule has 0 aromatic carbocycles. The molecule has 0 aliphatic rings. The molecule has 1 atom stereocenters. The minimum absolute atomic E-state index is 0.112. The van der Waals surface area contributed by atoms with Gasteiger partial charge in [-0.05, 0) is 30.5 Å². The van der Waals surface area contributed by atoms with E-state index in [4.69, 9.17) is 0 Å². The van der Waals surface area contributed by atoms with Gasteiger partial charge >= 0.3 is 0 Å². The number of hydrogen-bond donors (Lipinski definition) is 2. The summed E-state index contributed by atoms with van der Waals surface area (Å²) in [5.74, 6) is 1.09. The van der Waals surface area contributed by atoms with E-state index in [1.54, 1.807) is 18.5 Å². The van der Waals surface area contributed by atoms with Gasteiger partial charge in [-0.25, -0.2) is 4.98 Å². The predicted molar refractivity (Wildman–Crippen MR) is 79.8 cm³/mol. The van der Waals surface area contributed by atoms with Crippen molar-refractivity contribution in [1.29, 1.82) is 0 Å². The van der Waals surface area contributed by atoms with Crippen LogP contribution in [-0.4, -0.2) is 26.1 Å². The van der Waals surface area contributed by atoms with Gasteiger partial charge in [0.15, 0.2) is 5.82 Å². The molecule has 0 saturated carbocycles. The highest BCUT2D eigenvalue weighted by molar-refractivity contribution is 7.12. The van der Waals surface area contributed by atoms with Gasteiger partial charge in [0.1, 0.15) is 5.82 Å². The summed E-state index contributed by atoms with van der Waals surface area (Å²) in [7, 11) is 0. The van der Waals surface area contributed by atoms with Crippen LogP contribution in [0.1, 0.15) is 28.5 Å². The van der Waals surface area contributed by atoms with Crippen molar-refractivity contribution < 1.29 is 4.79 Å². The summed E-state index contributed by atoms with van der Waals surface area (Å²) < 4.78 is 0. The Balaban J connectivity index is 1.73. The zero-order valence-corrected chi connectivity index (χ0v) is 12.1. The minimum Gasteiger partial charge on any atom is -0.342 e. The van der Waals surface area contributed by atoms with Gasteiger partial charge < -0.3 is 5.32 Å². The van der Waals surface area contributed by atoms with E-state index in [1.807, 2.05) is 30.5 Å². The Bertz CT molecular complexity index is 723. The summed E-state index contributed by atoms with van der Waals surface area (Å²) in [4.78, 5) is 21.0. The molecule has 0 aliphatic heterocycles. The maximum atomic E-state index is 12.0. The number of amides is 1. The molecular weight excluding hydrogens is 286 g/mol. The lowest BCUT2D eigenvalue weighted by Crippen LogP contribution is -2.26. The Kier molecular flexibility index (Phi) is 3.74. The molecule has 3 aromatic rings. The Labute approximate surface area is 125 Å². The maximum Gasteiger partial charge on any atom is 0.261 e. The first-order valence-electron chi connectivity index (χ1n) is 6.41. The molecule has 106 valence electrons. The number of hydrogen-bond acceptors (Lipinski definition) is 5. The lowest BCUT2D eigenvalue weighted by molar-refractivity contribution is 0.0942. The number of carbonyl (C=O) groups is 1. The smallest absolute Gasteiger partial charge is 0.261 e. The molecule has 3 aromatic heterocycles. The Hall–Kier alpha value is -2.54. The van der Waals surface area contributed by atoms with Crippen molar-refractivity contribution in [3.8, 4) is 11.4 Å². The van der Waals surface area contributed by atoms with Crippen LogP contribution in [0.15, 0.2) is 42.0 Å². The van der Waals surface area contributed by atoms with Crippen LogP contribution in [0.3, 0.4) is 0 Å². The Morgan fingerprint density at radius 1 is 1.33 bits per heavy atom. The van der Waals surface area contributed by atoms with Gasteiger partial charge in [-0.1, -0.05) is 6.07 Å². The second kappa shape index (κ2) is 5.84. The van der Waals surface area contributed by atoms with E-state index in [-0.39, 0.29) is 11.9 Å². The third-order valence-corrected chi connectivity index (χ3v) is 3.81. The van der Waals surface area contributed by atoms with Crippen molar-refractivity contribution in [2.45, 2.75) is 13.0 Å². The second-order valence-electron chi connectivity index (χ2n) is 4.45. The van der Waals surface area contributed by atoms with E-state index >= 15 is 0 Å². The fourth-order valence-electron chi connectivity index (χ4n) is 1.84. The monoisotopic (exact) mass is 299 g/mol. The molecule has 7 heteroatoms. The number of aromatic amines is 1. The highest BCUT2D eigenvalue weighted by Gasteiger charge is 2.16. The average Bonchev–Trinajstić information content (AvgIpc) is 3.20. The minimum atomic E-state index is -0.248. The van der Waals surface area contributed by atoms with Crippen molar-refractivity contribution in [2.75, 3.05) is 0 Å². The van der Waals surface area contributed by atoms with E-state index < -0.39 is 0 Å². The van der Waals surface area contributed by atoms with Crippen LogP contribution >= 0.6 is 11.3 Å². The maximum absolute atomic E-state index is 12.0. The average molecular weight is 299 g/mol. The van der Waals surface area contributed by atoms with Gasteiger partial charge in [-0.2, -0.15) is 5.10 Å². The summed E-state index contributed by atoms with van der Waals surface area (Å²) in [5, 5.41) is 11.8. The van der Waals surface area contributed by atoms with Crippen LogP contribution in [-0.2, 0) is 0 Å². The molecule has 0 radical (unpaired) electrons. The zero-order valence-electron chi connectivity index (χ0n) is 11.3. The van der Waals surface area contributed by atoms with Crippen molar-refractivity contribution in [2.24, 2.45) is 0 Å². The molecule has 0 aliphatic carbocycles. The van der Waals surface area contributed by atoms with Gasteiger partial charge in [-0.15, -0.1) is 11.3 Å². The van der Waals surface area contributed by atoms with Crippen LogP contribution in [0.5, 0.6) is 0 Å². The summed E-state index contributed by atoms with van der Waals surface area (Å²) >= 11 is 1.41. The molecule has 2 N–H and O–H groups in total. The number of nitrogens with one attached hydrogen (secondary N) is 2. The SMILES string of the molecule is C[C@@H](NC(=O)c1cccs1)c1nc(-c2ccncc2)n[nH]1. The number of carbonyl (C=O) groups excluding carboxylic acids is 1. The topological polar surface area (TPSA) is 83.6 Å². The second-order valence-corrected chi connectivity index (χ2v) is 5.40. The first-order chi connectivity index (χ1) is 10.2. The molecule has 0 unspecified atom stereocenters. The third kappa shape index (κ3) is 2.97. The molecule has 0 fully saturated rings. The van der Waals surface area contributed by atoms with E-state index in [1.165, 1.54) is 11.3 Å². The molecule has 0 saturated heterocycles. The molecule has 3 heterocycles. The molecule has 21 heavy (non-hydrogen) atoms. The fraction of sp³-hybridized carbons (Fsp3) is 0.143. The van der Waals surface area contributed by atoms with Gasteiger partial charge in [0.05, 0.1) is 10.9 Å². The number of aromatic nitrogens is 4. The number of rotatable bonds is 4. The van der Waals surface area contributed by atoms with E-state index in [2.05, 4.69) is 25.5 Å². The van der Waals surface area contributed by atoms with Crippen molar-refractivity contribution in [3.63, 3.8) is 0 Å². The van der Waals surface area contributed by atoms with Crippen LogP contribution < -0.4 is 5.32 Å². The molecular formula is C14H13N5OS. The number of thiophene rings is 1. The standard InChI is InChI=1S/C14H13N5OS/c1-9(16-14(20)11-3-2-8-21-11)12-17-13(19-18-12)10-4-6-15-7-5-10/h2-9H,1H3,(H,16,20)(H,17,18,19)/t9-/m1/s1. The highest BCUT2D eigenvalue weighted by atomic mass is 32.1. The van der Waals surface area contributed by atoms with Gasteiger partial charge in [0.2, 0.25) is 0 Å². The van der Waals surface area contributed by atoms with Crippen LogP contribution in [0.2, 0.25) is 0 Å². The van der Waals surface area contributed by atoms with Crippen molar-refractivity contribution in [3.05, 3.63) is 52.7 Å².